The van der Waals surface area contributed by atoms with Crippen LogP contribution in [0.3, 0.4) is 0 Å². The lowest BCUT2D eigenvalue weighted by atomic mass is 10.2. The van der Waals surface area contributed by atoms with Crippen LogP contribution < -0.4 is 10.6 Å². The molecular weight excluding hydrogens is 408 g/mol. The van der Waals surface area contributed by atoms with Gasteiger partial charge in [-0.1, -0.05) is 18.2 Å². The highest BCUT2D eigenvalue weighted by Crippen LogP contribution is 2.05. The van der Waals surface area contributed by atoms with Crippen molar-refractivity contribution in [3.05, 3.63) is 35.6 Å². The van der Waals surface area contributed by atoms with Gasteiger partial charge in [-0.2, -0.15) is 0 Å². The Balaban J connectivity index is 0.00000400. The van der Waals surface area contributed by atoms with Crippen molar-refractivity contribution < 1.29 is 12.8 Å². The molecule has 0 aliphatic carbocycles. The topological polar surface area (TPSA) is 70.6 Å². The zero-order valence-corrected chi connectivity index (χ0v) is 15.2. The highest BCUT2D eigenvalue weighted by Gasteiger charge is 2.04. The average molecular weight is 429 g/mol. The van der Waals surface area contributed by atoms with Crippen LogP contribution in [0, 0.1) is 5.82 Å². The first kappa shape index (κ1) is 20.1. The first-order valence-corrected chi connectivity index (χ1v) is 8.34. The second-order valence-electron chi connectivity index (χ2n) is 4.43. The fraction of sp³-hybridized carbons (Fsp3) is 0.462. The third-order valence-corrected chi connectivity index (χ3v) is 3.64. The van der Waals surface area contributed by atoms with E-state index in [9.17, 15) is 12.8 Å². The summed E-state index contributed by atoms with van der Waals surface area (Å²) in [7, 11) is -1.34. The SMILES string of the molecule is CN=C(NCCCS(C)(=O)=O)NCc1ccccc1F.I. The Morgan fingerprint density at radius 2 is 1.95 bits per heavy atom. The quantitative estimate of drug-likeness (QED) is 0.312. The van der Waals surface area contributed by atoms with Gasteiger partial charge in [0.25, 0.3) is 0 Å². The fourth-order valence-electron chi connectivity index (χ4n) is 1.58. The van der Waals surface area contributed by atoms with Gasteiger partial charge in [-0.15, -0.1) is 24.0 Å². The van der Waals surface area contributed by atoms with E-state index in [0.29, 0.717) is 31.0 Å². The van der Waals surface area contributed by atoms with Crippen molar-refractivity contribution in [3.8, 4) is 0 Å². The maximum atomic E-state index is 13.4. The third kappa shape index (κ3) is 8.86. The van der Waals surface area contributed by atoms with Crippen LogP contribution >= 0.6 is 24.0 Å². The number of rotatable bonds is 6. The van der Waals surface area contributed by atoms with Crippen LogP contribution in [0.5, 0.6) is 0 Å². The molecular formula is C13H21FIN3O2S. The van der Waals surface area contributed by atoms with Gasteiger partial charge in [-0.05, 0) is 12.5 Å². The summed E-state index contributed by atoms with van der Waals surface area (Å²) in [6, 6.07) is 6.50. The first-order chi connectivity index (χ1) is 9.42. The molecule has 0 atom stereocenters. The molecule has 1 rings (SSSR count). The normalized spacial score (nSPS) is 11.7. The molecule has 0 saturated carbocycles. The smallest absolute Gasteiger partial charge is 0.191 e. The van der Waals surface area contributed by atoms with E-state index in [2.05, 4.69) is 15.6 Å². The predicted octanol–water partition coefficient (Wildman–Crippen LogP) is 1.54. The summed E-state index contributed by atoms with van der Waals surface area (Å²) in [6.45, 7) is 0.808. The lowest BCUT2D eigenvalue weighted by Crippen LogP contribution is -2.37. The Labute approximate surface area is 142 Å². The van der Waals surface area contributed by atoms with Crippen molar-refractivity contribution >= 4 is 39.8 Å². The summed E-state index contributed by atoms with van der Waals surface area (Å²) < 4.78 is 35.4. The van der Waals surface area contributed by atoms with Crippen LogP contribution in [0.1, 0.15) is 12.0 Å². The molecule has 1 aromatic rings. The molecule has 0 bridgehead atoms. The second-order valence-corrected chi connectivity index (χ2v) is 6.69. The monoisotopic (exact) mass is 429 g/mol. The maximum Gasteiger partial charge on any atom is 0.191 e. The molecule has 0 spiro atoms. The molecule has 0 saturated heterocycles. The number of guanidine groups is 1. The number of aliphatic imine (C=N–C) groups is 1. The zero-order valence-electron chi connectivity index (χ0n) is 12.1. The highest BCUT2D eigenvalue weighted by molar-refractivity contribution is 14.0. The van der Waals surface area contributed by atoms with Gasteiger partial charge in [-0.25, -0.2) is 12.8 Å². The predicted molar refractivity (Wildman–Crippen MR) is 94.3 cm³/mol. The molecule has 21 heavy (non-hydrogen) atoms. The standard InChI is InChI=1S/C13H20FN3O2S.HI/c1-15-13(16-8-5-9-20(2,18)19)17-10-11-6-3-4-7-12(11)14;/h3-4,6-7H,5,8-10H2,1-2H3,(H2,15,16,17);1H. The van der Waals surface area contributed by atoms with Crippen LogP contribution in [-0.4, -0.2) is 40.0 Å². The van der Waals surface area contributed by atoms with Crippen molar-refractivity contribution in [1.29, 1.82) is 0 Å². The summed E-state index contributed by atoms with van der Waals surface area (Å²) in [5.41, 5.74) is 0.548. The van der Waals surface area contributed by atoms with Gasteiger partial charge < -0.3 is 10.6 Å². The van der Waals surface area contributed by atoms with E-state index in [4.69, 9.17) is 0 Å². The number of benzene rings is 1. The van der Waals surface area contributed by atoms with E-state index in [1.54, 1.807) is 25.2 Å². The Morgan fingerprint density at radius 3 is 2.52 bits per heavy atom. The summed E-state index contributed by atoms with van der Waals surface area (Å²) in [5.74, 6) is 0.374. The van der Waals surface area contributed by atoms with E-state index >= 15 is 0 Å². The molecule has 0 aromatic heterocycles. The number of halogens is 2. The van der Waals surface area contributed by atoms with Crippen LogP contribution in [0.15, 0.2) is 29.3 Å². The summed E-state index contributed by atoms with van der Waals surface area (Å²) in [5, 5.41) is 5.96. The Hall–Kier alpha value is -0.900. The summed E-state index contributed by atoms with van der Waals surface area (Å²) in [4.78, 5) is 3.99. The van der Waals surface area contributed by atoms with E-state index in [1.165, 1.54) is 12.3 Å². The third-order valence-electron chi connectivity index (χ3n) is 2.61. The van der Waals surface area contributed by atoms with Crippen molar-refractivity contribution in [2.24, 2.45) is 4.99 Å². The van der Waals surface area contributed by atoms with Gasteiger partial charge in [0.2, 0.25) is 0 Å². The number of nitrogens with zero attached hydrogens (tertiary/aromatic N) is 1. The van der Waals surface area contributed by atoms with Gasteiger partial charge in [0, 0.05) is 32.0 Å². The molecule has 8 heteroatoms. The Morgan fingerprint density at radius 1 is 1.29 bits per heavy atom. The summed E-state index contributed by atoms with van der Waals surface area (Å²) >= 11 is 0. The molecule has 0 heterocycles. The van der Waals surface area contributed by atoms with Crippen LogP contribution in [-0.2, 0) is 16.4 Å². The van der Waals surface area contributed by atoms with Crippen molar-refractivity contribution in [2.75, 3.05) is 25.6 Å². The lowest BCUT2D eigenvalue weighted by molar-refractivity contribution is 0.597. The molecule has 0 radical (unpaired) electrons. The maximum absolute atomic E-state index is 13.4. The number of hydrogen-bond donors (Lipinski definition) is 2. The number of hydrogen-bond acceptors (Lipinski definition) is 3. The minimum Gasteiger partial charge on any atom is -0.356 e. The number of nitrogens with one attached hydrogen (secondary N) is 2. The Bertz CT molecular complexity index is 564. The molecule has 0 aliphatic heterocycles. The molecule has 1 aromatic carbocycles. The minimum absolute atomic E-state index is 0. The van der Waals surface area contributed by atoms with Gasteiger partial charge in [0.15, 0.2) is 5.96 Å². The van der Waals surface area contributed by atoms with Gasteiger partial charge in [-0.3, -0.25) is 4.99 Å². The van der Waals surface area contributed by atoms with Crippen molar-refractivity contribution in [1.82, 2.24) is 10.6 Å². The fourth-order valence-corrected chi connectivity index (χ4v) is 2.25. The van der Waals surface area contributed by atoms with E-state index in [-0.39, 0.29) is 35.5 Å². The molecule has 0 amide bonds. The lowest BCUT2D eigenvalue weighted by Gasteiger charge is -2.12. The highest BCUT2D eigenvalue weighted by atomic mass is 127. The number of sulfone groups is 1. The molecule has 120 valence electrons. The minimum atomic E-state index is -2.94. The van der Waals surface area contributed by atoms with Crippen molar-refractivity contribution in [3.63, 3.8) is 0 Å². The summed E-state index contributed by atoms with van der Waals surface area (Å²) in [6.07, 6.45) is 1.71. The first-order valence-electron chi connectivity index (χ1n) is 6.28. The van der Waals surface area contributed by atoms with Crippen LogP contribution in [0.25, 0.3) is 0 Å². The zero-order chi connectivity index (χ0) is 15.0. The van der Waals surface area contributed by atoms with Crippen LogP contribution in [0.4, 0.5) is 4.39 Å². The molecule has 0 unspecified atom stereocenters. The van der Waals surface area contributed by atoms with Gasteiger partial charge in [0.1, 0.15) is 15.7 Å². The van der Waals surface area contributed by atoms with Crippen LogP contribution in [0.2, 0.25) is 0 Å². The van der Waals surface area contributed by atoms with Gasteiger partial charge >= 0.3 is 0 Å². The van der Waals surface area contributed by atoms with Crippen molar-refractivity contribution in [2.45, 2.75) is 13.0 Å². The molecule has 2 N–H and O–H groups in total. The largest absolute Gasteiger partial charge is 0.356 e. The second kappa shape index (κ2) is 9.93. The van der Waals surface area contributed by atoms with E-state index in [0.717, 1.165) is 0 Å². The van der Waals surface area contributed by atoms with E-state index in [1.807, 2.05) is 0 Å². The molecule has 0 aliphatic rings. The molecule has 5 nitrogen and oxygen atoms in total. The van der Waals surface area contributed by atoms with E-state index < -0.39 is 9.84 Å². The molecule has 0 fully saturated rings. The Kier molecular flexibility index (Phi) is 9.51. The van der Waals surface area contributed by atoms with Gasteiger partial charge in [0.05, 0.1) is 5.75 Å². The average Bonchev–Trinajstić information content (AvgIpc) is 2.38.